The lowest BCUT2D eigenvalue weighted by Gasteiger charge is -2.54. The van der Waals surface area contributed by atoms with E-state index in [1.807, 2.05) is 0 Å². The van der Waals surface area contributed by atoms with E-state index in [2.05, 4.69) is 10.6 Å². The van der Waals surface area contributed by atoms with Gasteiger partial charge >= 0.3 is 0 Å². The first-order valence-electron chi connectivity index (χ1n) is 8.61. The number of nitrogens with one attached hydrogen (secondary N) is 1. The monoisotopic (exact) mass is 353 g/mol. The van der Waals surface area contributed by atoms with E-state index < -0.39 is 0 Å². The Labute approximate surface area is 147 Å². The Bertz CT molecular complexity index is 596. The average molecular weight is 354 g/mol. The number of hydrogen-bond acceptors (Lipinski definition) is 1. The first-order valence-corrected chi connectivity index (χ1v) is 9.37. The van der Waals surface area contributed by atoms with E-state index in [1.54, 1.807) is 18.2 Å². The molecule has 1 aromatic rings. The average Bonchev–Trinajstić information content (AvgIpc) is 2.49. The Morgan fingerprint density at radius 1 is 1.13 bits per heavy atom. The maximum Gasteiger partial charge on any atom is 0.279 e. The molecule has 4 aliphatic carbocycles. The second kappa shape index (κ2) is 5.94. The summed E-state index contributed by atoms with van der Waals surface area (Å²) in [4.78, 5) is 12.3. The van der Waals surface area contributed by atoms with Gasteiger partial charge in [-0.3, -0.25) is 4.79 Å². The molecule has 1 amide bonds. The zero-order valence-corrected chi connectivity index (χ0v) is 14.7. The van der Waals surface area contributed by atoms with Crippen LogP contribution in [0.5, 0.6) is 0 Å². The molecule has 0 aliphatic heterocycles. The van der Waals surface area contributed by atoms with Gasteiger partial charge in [-0.15, -0.1) is 0 Å². The first-order chi connectivity index (χ1) is 11.0. The van der Waals surface area contributed by atoms with Gasteiger partial charge in [-0.05, 0) is 49.1 Å². The van der Waals surface area contributed by atoms with Crippen molar-refractivity contribution in [3.63, 3.8) is 0 Å². The fraction of sp³-hybridized carbons (Fsp3) is 0.611. The fourth-order valence-corrected chi connectivity index (χ4v) is 5.89. The van der Waals surface area contributed by atoms with Gasteiger partial charge in [0.15, 0.2) is 6.54 Å². The summed E-state index contributed by atoms with van der Waals surface area (Å²) in [5.74, 6) is 2.72. The van der Waals surface area contributed by atoms with Crippen molar-refractivity contribution in [2.75, 3.05) is 11.9 Å². The van der Waals surface area contributed by atoms with Crippen LogP contribution in [0.3, 0.4) is 0 Å². The summed E-state index contributed by atoms with van der Waals surface area (Å²) in [6, 6.07) is 5.31. The van der Waals surface area contributed by atoms with Gasteiger partial charge in [0.2, 0.25) is 0 Å². The maximum absolute atomic E-state index is 12.3. The molecule has 124 valence electrons. The third-order valence-electron chi connectivity index (χ3n) is 6.03. The Hall–Kier alpha value is -0.770. The quantitative estimate of drug-likeness (QED) is 0.855. The van der Waals surface area contributed by atoms with Gasteiger partial charge in [-0.2, -0.15) is 0 Å². The molecule has 4 bridgehead atoms. The van der Waals surface area contributed by atoms with Crippen LogP contribution in [0.4, 0.5) is 5.69 Å². The number of halogens is 2. The number of carbonyl (C=O) groups is 1. The van der Waals surface area contributed by atoms with Crippen LogP contribution in [-0.4, -0.2) is 18.0 Å². The van der Waals surface area contributed by atoms with Gasteiger partial charge in [0, 0.05) is 19.3 Å². The Morgan fingerprint density at radius 3 is 2.35 bits per heavy atom. The van der Waals surface area contributed by atoms with Crippen molar-refractivity contribution < 1.29 is 10.1 Å². The van der Waals surface area contributed by atoms with Crippen LogP contribution in [0, 0.1) is 17.8 Å². The molecule has 0 unspecified atom stereocenters. The summed E-state index contributed by atoms with van der Waals surface area (Å²) in [5, 5.41) is 6.09. The van der Waals surface area contributed by atoms with Crippen LogP contribution in [0.2, 0.25) is 10.0 Å². The topological polar surface area (TPSA) is 45.7 Å². The fourth-order valence-electron chi connectivity index (χ4n) is 5.54. The molecule has 3 nitrogen and oxygen atoms in total. The molecule has 1 aromatic carbocycles. The number of benzene rings is 1. The summed E-state index contributed by atoms with van der Waals surface area (Å²) in [6.07, 6.45) is 8.17. The zero-order valence-electron chi connectivity index (χ0n) is 13.2. The molecule has 5 heteroatoms. The molecule has 0 heterocycles. The molecular formula is C18H23Cl2N2O+. The van der Waals surface area contributed by atoms with E-state index in [0.717, 1.165) is 17.8 Å². The summed E-state index contributed by atoms with van der Waals surface area (Å²) >= 11 is 12.1. The van der Waals surface area contributed by atoms with Crippen molar-refractivity contribution in [1.29, 1.82) is 0 Å². The molecule has 0 atom stereocenters. The van der Waals surface area contributed by atoms with E-state index in [1.165, 1.54) is 38.5 Å². The van der Waals surface area contributed by atoms with E-state index >= 15 is 0 Å². The highest BCUT2D eigenvalue weighted by Gasteiger charge is 2.53. The van der Waals surface area contributed by atoms with Crippen LogP contribution < -0.4 is 10.6 Å². The molecule has 4 aliphatic rings. The predicted octanol–water partition coefficient (Wildman–Crippen LogP) is 3.46. The lowest BCUT2D eigenvalue weighted by molar-refractivity contribution is -0.729. The second-order valence-corrected chi connectivity index (χ2v) is 8.62. The maximum atomic E-state index is 12.3. The third-order valence-corrected chi connectivity index (χ3v) is 6.85. The highest BCUT2D eigenvalue weighted by atomic mass is 35.5. The predicted molar refractivity (Wildman–Crippen MR) is 92.8 cm³/mol. The van der Waals surface area contributed by atoms with Crippen LogP contribution in [0.15, 0.2) is 18.2 Å². The smallest absolute Gasteiger partial charge is 0.279 e. The number of amides is 1. The molecule has 0 aromatic heterocycles. The zero-order chi connectivity index (χ0) is 16.0. The Balaban J connectivity index is 1.37. The minimum absolute atomic E-state index is 0.00455. The van der Waals surface area contributed by atoms with E-state index in [0.29, 0.717) is 27.8 Å². The van der Waals surface area contributed by atoms with Gasteiger partial charge in [0.1, 0.15) is 0 Å². The van der Waals surface area contributed by atoms with E-state index in [4.69, 9.17) is 23.2 Å². The molecule has 4 saturated carbocycles. The number of carbonyl (C=O) groups excluding carboxylic acids is 1. The highest BCUT2D eigenvalue weighted by molar-refractivity contribution is 6.43. The number of nitrogens with two attached hydrogens (primary N) is 1. The number of hydrogen-bond donors (Lipinski definition) is 2. The Kier molecular flexibility index (Phi) is 4.07. The van der Waals surface area contributed by atoms with Gasteiger partial charge in [0.05, 0.1) is 21.3 Å². The van der Waals surface area contributed by atoms with Crippen molar-refractivity contribution in [2.24, 2.45) is 17.8 Å². The summed E-state index contributed by atoms with van der Waals surface area (Å²) in [7, 11) is 0. The van der Waals surface area contributed by atoms with Gasteiger partial charge < -0.3 is 10.6 Å². The van der Waals surface area contributed by atoms with Gasteiger partial charge in [-0.25, -0.2) is 0 Å². The molecule has 4 fully saturated rings. The van der Waals surface area contributed by atoms with Crippen molar-refractivity contribution in [3.8, 4) is 0 Å². The van der Waals surface area contributed by atoms with Crippen molar-refractivity contribution in [3.05, 3.63) is 28.2 Å². The van der Waals surface area contributed by atoms with Crippen LogP contribution in [0.1, 0.15) is 38.5 Å². The number of anilines is 1. The normalized spacial score (nSPS) is 34.6. The standard InChI is InChI=1S/C18H22Cl2N2O/c19-14-2-1-3-15(17(14)20)22-16(23)10-21-18-7-11-4-12(8-18)6-13(5-11)9-18/h1-3,11-13,21H,4-10H2,(H,22,23)/p+1. The van der Waals surface area contributed by atoms with Gasteiger partial charge in [0.25, 0.3) is 5.91 Å². The summed E-state index contributed by atoms with van der Waals surface area (Å²) < 4.78 is 0. The van der Waals surface area contributed by atoms with Crippen LogP contribution in [-0.2, 0) is 4.79 Å². The van der Waals surface area contributed by atoms with Gasteiger partial charge in [-0.1, -0.05) is 29.3 Å². The molecular weight excluding hydrogens is 331 g/mol. The Morgan fingerprint density at radius 2 is 1.74 bits per heavy atom. The highest BCUT2D eigenvalue weighted by Crippen LogP contribution is 2.54. The molecule has 0 saturated heterocycles. The molecule has 0 spiro atoms. The lowest BCUT2D eigenvalue weighted by Crippen LogP contribution is -3.00. The number of quaternary nitrogens is 1. The molecule has 0 radical (unpaired) electrons. The minimum Gasteiger partial charge on any atom is -0.334 e. The lowest BCUT2D eigenvalue weighted by atomic mass is 9.53. The number of rotatable bonds is 4. The van der Waals surface area contributed by atoms with Crippen molar-refractivity contribution in [2.45, 2.75) is 44.1 Å². The van der Waals surface area contributed by atoms with E-state index in [-0.39, 0.29) is 5.91 Å². The second-order valence-electron chi connectivity index (χ2n) is 7.84. The largest absolute Gasteiger partial charge is 0.334 e. The SMILES string of the molecule is O=C(C[NH2+]C12CC3CC(CC(C3)C1)C2)Nc1cccc(Cl)c1Cl. The summed E-state index contributed by atoms with van der Waals surface area (Å²) in [6.45, 7) is 0.467. The third kappa shape index (κ3) is 3.11. The molecule has 3 N–H and O–H groups in total. The minimum atomic E-state index is 0.00455. The van der Waals surface area contributed by atoms with Crippen LogP contribution in [0.25, 0.3) is 0 Å². The molecule has 23 heavy (non-hydrogen) atoms. The van der Waals surface area contributed by atoms with E-state index in [9.17, 15) is 4.79 Å². The van der Waals surface area contributed by atoms with Crippen molar-refractivity contribution >= 4 is 34.8 Å². The molecule has 5 rings (SSSR count). The van der Waals surface area contributed by atoms with Crippen molar-refractivity contribution in [1.82, 2.24) is 0 Å². The van der Waals surface area contributed by atoms with Crippen LogP contribution >= 0.6 is 23.2 Å². The summed E-state index contributed by atoms with van der Waals surface area (Å²) in [5.41, 5.74) is 0.924. The first kappa shape index (κ1) is 15.7.